The van der Waals surface area contributed by atoms with Gasteiger partial charge in [-0.1, -0.05) is 24.3 Å². The largest absolute Gasteiger partial charge is 0.355 e. The van der Waals surface area contributed by atoms with Gasteiger partial charge in [-0.2, -0.15) is 5.26 Å². The molecule has 0 aromatic heterocycles. The molecule has 0 bridgehead atoms. The Kier molecular flexibility index (Phi) is 9.50. The van der Waals surface area contributed by atoms with Gasteiger partial charge in [0, 0.05) is 32.6 Å². The van der Waals surface area contributed by atoms with Crippen molar-refractivity contribution in [2.75, 3.05) is 32.7 Å². The molecule has 1 unspecified atom stereocenters. The smallest absolute Gasteiger partial charge is 0.237 e. The molecular weight excluding hydrogens is 440 g/mol. The van der Waals surface area contributed by atoms with Crippen molar-refractivity contribution in [1.82, 2.24) is 20.9 Å². The van der Waals surface area contributed by atoms with Crippen LogP contribution in [0.2, 0.25) is 0 Å². The summed E-state index contributed by atoms with van der Waals surface area (Å²) < 4.78 is 26.7. The second-order valence-corrected chi connectivity index (χ2v) is 8.14. The molecule has 2 aromatic carbocycles. The number of carbonyl (C=O) groups excluding carboxylic acids is 2. The highest BCUT2D eigenvalue weighted by Crippen LogP contribution is 2.22. The lowest BCUT2D eigenvalue weighted by atomic mass is 9.98. The molecule has 1 aliphatic rings. The number of amides is 2. The van der Waals surface area contributed by atoms with Gasteiger partial charge in [-0.3, -0.25) is 9.59 Å². The van der Waals surface area contributed by atoms with Gasteiger partial charge >= 0.3 is 0 Å². The Morgan fingerprint density at radius 1 is 1.00 bits per heavy atom. The second-order valence-electron chi connectivity index (χ2n) is 8.14. The molecule has 3 rings (SSSR count). The Labute approximate surface area is 198 Å². The highest BCUT2D eigenvalue weighted by atomic mass is 19.1. The van der Waals surface area contributed by atoms with E-state index in [9.17, 15) is 18.4 Å². The van der Waals surface area contributed by atoms with E-state index in [0.29, 0.717) is 32.6 Å². The third-order valence-electron chi connectivity index (χ3n) is 5.73. The Balaban J connectivity index is 1.38. The molecule has 1 saturated heterocycles. The van der Waals surface area contributed by atoms with Gasteiger partial charge in [0.2, 0.25) is 11.8 Å². The number of nitriles is 1. The predicted molar refractivity (Wildman–Crippen MR) is 123 cm³/mol. The average Bonchev–Trinajstić information content (AvgIpc) is 3.32. The summed E-state index contributed by atoms with van der Waals surface area (Å²) in [5, 5.41) is 18.2. The molecule has 180 valence electrons. The minimum atomic E-state index is -0.348. The molecule has 1 aliphatic heterocycles. The Bertz CT molecular complexity index is 946. The summed E-state index contributed by atoms with van der Waals surface area (Å²) in [6, 6.07) is 13.7. The maximum Gasteiger partial charge on any atom is 0.237 e. The Hall–Kier alpha value is -3.35. The minimum absolute atomic E-state index is 0.101. The highest BCUT2D eigenvalue weighted by molar-refractivity contribution is 5.79. The van der Waals surface area contributed by atoms with Crippen LogP contribution in [-0.2, 0) is 9.59 Å². The van der Waals surface area contributed by atoms with E-state index in [1.54, 1.807) is 29.2 Å². The molecule has 0 radical (unpaired) electrons. The molecule has 34 heavy (non-hydrogen) atoms. The maximum atomic E-state index is 13.3. The lowest BCUT2D eigenvalue weighted by Crippen LogP contribution is -2.41. The topological polar surface area (TPSA) is 97.3 Å². The molecule has 2 aromatic rings. The van der Waals surface area contributed by atoms with Crippen molar-refractivity contribution in [2.24, 2.45) is 0 Å². The number of likely N-dealkylation sites (tertiary alicyclic amines) is 1. The summed E-state index contributed by atoms with van der Waals surface area (Å²) in [5.41, 5.74) is 1.65. The minimum Gasteiger partial charge on any atom is -0.355 e. The number of benzene rings is 2. The highest BCUT2D eigenvalue weighted by Gasteiger charge is 2.27. The third-order valence-corrected chi connectivity index (χ3v) is 5.73. The molecule has 3 N–H and O–H groups in total. The molecule has 0 spiro atoms. The standard InChI is InChI=1S/C25H29F2N5O2/c26-20-7-3-18(4-8-20)25(19-5-9-21(27)10-6-19)31-14-13-30-23(33)11-12-29-17-24(34)32-15-1-2-22(32)16-28/h3-10,22,25,29,31H,1-2,11-15,17H2,(H,30,33). The van der Waals surface area contributed by atoms with Gasteiger partial charge < -0.3 is 20.9 Å². The van der Waals surface area contributed by atoms with Crippen LogP contribution in [0.15, 0.2) is 48.5 Å². The molecule has 1 atom stereocenters. The summed E-state index contributed by atoms with van der Waals surface area (Å²) in [7, 11) is 0. The Morgan fingerprint density at radius 3 is 2.21 bits per heavy atom. The normalized spacial score (nSPS) is 15.4. The van der Waals surface area contributed by atoms with Gasteiger partial charge in [-0.25, -0.2) is 8.78 Å². The van der Waals surface area contributed by atoms with Crippen LogP contribution in [-0.4, -0.2) is 55.5 Å². The average molecular weight is 470 g/mol. The van der Waals surface area contributed by atoms with Crippen LogP contribution in [0.4, 0.5) is 8.78 Å². The van der Waals surface area contributed by atoms with E-state index in [4.69, 9.17) is 5.26 Å². The molecular formula is C25H29F2N5O2. The number of nitrogens with one attached hydrogen (secondary N) is 3. The summed E-state index contributed by atoms with van der Waals surface area (Å²) in [6.07, 6.45) is 1.76. The zero-order valence-corrected chi connectivity index (χ0v) is 18.9. The number of carbonyl (C=O) groups is 2. The van der Waals surface area contributed by atoms with Gasteiger partial charge in [-0.05, 0) is 48.2 Å². The van der Waals surface area contributed by atoms with E-state index in [1.165, 1.54) is 24.3 Å². The first-order chi connectivity index (χ1) is 16.5. The van der Waals surface area contributed by atoms with E-state index in [-0.39, 0.29) is 48.5 Å². The van der Waals surface area contributed by atoms with Gasteiger partial charge in [0.05, 0.1) is 18.7 Å². The first-order valence-electron chi connectivity index (χ1n) is 11.4. The number of halogens is 2. The summed E-state index contributed by atoms with van der Waals surface area (Å²) in [4.78, 5) is 25.8. The second kappa shape index (κ2) is 12.8. The molecule has 0 saturated carbocycles. The fraction of sp³-hybridized carbons (Fsp3) is 0.400. The quantitative estimate of drug-likeness (QED) is 0.439. The molecule has 0 aliphatic carbocycles. The van der Waals surface area contributed by atoms with Crippen molar-refractivity contribution < 1.29 is 18.4 Å². The molecule has 7 nitrogen and oxygen atoms in total. The van der Waals surface area contributed by atoms with Crippen molar-refractivity contribution in [1.29, 1.82) is 5.26 Å². The van der Waals surface area contributed by atoms with E-state index >= 15 is 0 Å². The van der Waals surface area contributed by atoms with Gasteiger partial charge in [0.25, 0.3) is 0 Å². The van der Waals surface area contributed by atoms with Crippen molar-refractivity contribution in [3.63, 3.8) is 0 Å². The molecule has 1 fully saturated rings. The van der Waals surface area contributed by atoms with Crippen LogP contribution in [0.3, 0.4) is 0 Å². The van der Waals surface area contributed by atoms with E-state index in [1.807, 2.05) is 0 Å². The predicted octanol–water partition coefficient (Wildman–Crippen LogP) is 2.25. The lowest BCUT2D eigenvalue weighted by Gasteiger charge is -2.20. The van der Waals surface area contributed by atoms with Crippen molar-refractivity contribution >= 4 is 11.8 Å². The fourth-order valence-electron chi connectivity index (χ4n) is 3.94. The third kappa shape index (κ3) is 7.33. The SMILES string of the molecule is N#CC1CCCN1C(=O)CNCCC(=O)NCCNC(c1ccc(F)cc1)c1ccc(F)cc1. The van der Waals surface area contributed by atoms with E-state index in [2.05, 4.69) is 22.0 Å². The number of rotatable bonds is 11. The van der Waals surface area contributed by atoms with Crippen LogP contribution in [0.1, 0.15) is 36.4 Å². The number of hydrogen-bond donors (Lipinski definition) is 3. The molecule has 1 heterocycles. The lowest BCUT2D eigenvalue weighted by molar-refractivity contribution is -0.130. The summed E-state index contributed by atoms with van der Waals surface area (Å²) >= 11 is 0. The van der Waals surface area contributed by atoms with Crippen LogP contribution in [0.5, 0.6) is 0 Å². The first kappa shape index (κ1) is 25.3. The van der Waals surface area contributed by atoms with Crippen LogP contribution < -0.4 is 16.0 Å². The number of hydrogen-bond acceptors (Lipinski definition) is 5. The molecule has 2 amide bonds. The van der Waals surface area contributed by atoms with Crippen molar-refractivity contribution in [2.45, 2.75) is 31.3 Å². The van der Waals surface area contributed by atoms with Crippen LogP contribution in [0, 0.1) is 23.0 Å². The van der Waals surface area contributed by atoms with Gasteiger partial charge in [0.15, 0.2) is 0 Å². The Morgan fingerprint density at radius 2 is 1.62 bits per heavy atom. The number of nitrogens with zero attached hydrogens (tertiary/aromatic N) is 2. The van der Waals surface area contributed by atoms with Gasteiger partial charge in [0.1, 0.15) is 17.7 Å². The summed E-state index contributed by atoms with van der Waals surface area (Å²) in [6.45, 7) is 1.87. The monoisotopic (exact) mass is 469 g/mol. The summed E-state index contributed by atoms with van der Waals surface area (Å²) in [5.74, 6) is -0.955. The van der Waals surface area contributed by atoms with Gasteiger partial charge in [-0.15, -0.1) is 0 Å². The van der Waals surface area contributed by atoms with Crippen LogP contribution in [0.25, 0.3) is 0 Å². The van der Waals surface area contributed by atoms with E-state index < -0.39 is 0 Å². The zero-order chi connectivity index (χ0) is 24.3. The van der Waals surface area contributed by atoms with Crippen molar-refractivity contribution in [3.8, 4) is 6.07 Å². The maximum absolute atomic E-state index is 13.3. The van der Waals surface area contributed by atoms with E-state index in [0.717, 1.165) is 17.5 Å². The fourth-order valence-corrected chi connectivity index (χ4v) is 3.94. The van der Waals surface area contributed by atoms with Crippen molar-refractivity contribution in [3.05, 3.63) is 71.3 Å². The first-order valence-corrected chi connectivity index (χ1v) is 11.4. The molecule has 9 heteroatoms. The zero-order valence-electron chi connectivity index (χ0n) is 18.9. The van der Waals surface area contributed by atoms with Crippen LogP contribution >= 0.6 is 0 Å².